The van der Waals surface area contributed by atoms with E-state index in [0.717, 1.165) is 11.5 Å². The number of anilines is 1. The number of nitrogens with one attached hydrogen (secondary N) is 1. The molecular weight excluding hydrogens is 210 g/mol. The molecule has 0 saturated carbocycles. The quantitative estimate of drug-likeness (QED) is 0.815. The van der Waals surface area contributed by atoms with E-state index >= 15 is 0 Å². The van der Waals surface area contributed by atoms with Crippen LogP contribution in [0.2, 0.25) is 0 Å². The van der Waals surface area contributed by atoms with Crippen LogP contribution in [0.3, 0.4) is 0 Å². The second kappa shape index (κ2) is 3.76. The second-order valence-corrected chi connectivity index (χ2v) is 5.79. The predicted octanol–water partition coefficient (Wildman–Crippen LogP) is 3.40. The van der Waals surface area contributed by atoms with Gasteiger partial charge in [0, 0.05) is 12.6 Å². The van der Waals surface area contributed by atoms with E-state index in [1.165, 1.54) is 16.6 Å². The molecule has 1 heterocycles. The molecule has 0 unspecified atom stereocenters. The van der Waals surface area contributed by atoms with E-state index in [1.54, 1.807) is 0 Å². The van der Waals surface area contributed by atoms with Crippen molar-refractivity contribution in [2.75, 3.05) is 5.32 Å². The Morgan fingerprint density at radius 2 is 1.71 bits per heavy atom. The fourth-order valence-corrected chi connectivity index (χ4v) is 1.89. The van der Waals surface area contributed by atoms with E-state index in [-0.39, 0.29) is 5.54 Å². The van der Waals surface area contributed by atoms with Gasteiger partial charge >= 0.3 is 0 Å². The van der Waals surface area contributed by atoms with E-state index in [1.807, 2.05) is 0 Å². The number of fused-ring (bicyclic) bond motifs is 1. The lowest BCUT2D eigenvalue weighted by atomic mass is 10.1. The molecular formula is C14H21N3. The summed E-state index contributed by atoms with van der Waals surface area (Å²) in [6.45, 7) is 10.7. The number of nitrogens with zero attached hydrogens (tertiary/aromatic N) is 2. The number of imidazole rings is 1. The molecule has 2 aromatic rings. The Morgan fingerprint density at radius 3 is 2.29 bits per heavy atom. The lowest BCUT2D eigenvalue weighted by molar-refractivity contribution is 0.621. The van der Waals surface area contributed by atoms with Crippen molar-refractivity contribution in [2.45, 2.75) is 40.2 Å². The minimum atomic E-state index is 0.0270. The number of hydrogen-bond acceptors (Lipinski definition) is 2. The molecule has 3 heteroatoms. The standard InChI is InChI=1S/C14H21N3/c1-9-7-11-12(8-10(9)2)17(6)13(15-11)16-14(3,4)5/h7-8H,1-6H3,(H,15,16). The van der Waals surface area contributed by atoms with Gasteiger partial charge in [-0.2, -0.15) is 0 Å². The number of aryl methyl sites for hydroxylation is 3. The molecule has 0 saturated heterocycles. The van der Waals surface area contributed by atoms with Gasteiger partial charge in [0.1, 0.15) is 0 Å². The molecule has 0 amide bonds. The van der Waals surface area contributed by atoms with Gasteiger partial charge < -0.3 is 9.88 Å². The van der Waals surface area contributed by atoms with Crippen LogP contribution in [0, 0.1) is 13.8 Å². The van der Waals surface area contributed by atoms with Gasteiger partial charge in [0.25, 0.3) is 0 Å². The van der Waals surface area contributed by atoms with E-state index < -0.39 is 0 Å². The first kappa shape index (κ1) is 12.0. The third kappa shape index (κ3) is 2.28. The van der Waals surface area contributed by atoms with Crippen LogP contribution in [0.5, 0.6) is 0 Å². The van der Waals surface area contributed by atoms with Crippen LogP contribution in [-0.4, -0.2) is 15.1 Å². The Balaban J connectivity index is 2.57. The summed E-state index contributed by atoms with van der Waals surface area (Å²) in [4.78, 5) is 4.65. The van der Waals surface area contributed by atoms with Crippen LogP contribution in [0.25, 0.3) is 11.0 Å². The number of benzene rings is 1. The van der Waals surface area contributed by atoms with Crippen LogP contribution >= 0.6 is 0 Å². The number of aromatic nitrogens is 2. The summed E-state index contributed by atoms with van der Waals surface area (Å²) in [5.41, 5.74) is 4.86. The molecule has 0 spiro atoms. The largest absolute Gasteiger partial charge is 0.351 e. The fraction of sp³-hybridized carbons (Fsp3) is 0.500. The topological polar surface area (TPSA) is 29.9 Å². The Hall–Kier alpha value is -1.51. The monoisotopic (exact) mass is 231 g/mol. The predicted molar refractivity (Wildman–Crippen MR) is 73.6 cm³/mol. The van der Waals surface area contributed by atoms with Crippen molar-refractivity contribution in [2.24, 2.45) is 7.05 Å². The van der Waals surface area contributed by atoms with Gasteiger partial charge in [-0.1, -0.05) is 0 Å². The van der Waals surface area contributed by atoms with Crippen molar-refractivity contribution in [3.63, 3.8) is 0 Å². The van der Waals surface area contributed by atoms with Crippen molar-refractivity contribution in [3.05, 3.63) is 23.3 Å². The summed E-state index contributed by atoms with van der Waals surface area (Å²) in [5, 5.41) is 3.43. The van der Waals surface area contributed by atoms with E-state index in [2.05, 4.69) is 68.7 Å². The molecule has 17 heavy (non-hydrogen) atoms. The first-order valence-electron chi connectivity index (χ1n) is 6.00. The molecule has 1 N–H and O–H groups in total. The summed E-state index contributed by atoms with van der Waals surface area (Å²) in [6, 6.07) is 4.35. The highest BCUT2D eigenvalue weighted by Crippen LogP contribution is 2.23. The zero-order chi connectivity index (χ0) is 12.8. The molecule has 0 bridgehead atoms. The maximum Gasteiger partial charge on any atom is 0.204 e. The summed E-state index contributed by atoms with van der Waals surface area (Å²) in [5.74, 6) is 0.928. The van der Waals surface area contributed by atoms with Crippen molar-refractivity contribution < 1.29 is 0 Å². The molecule has 92 valence electrons. The zero-order valence-electron chi connectivity index (χ0n) is 11.5. The molecule has 0 aliphatic rings. The van der Waals surface area contributed by atoms with Gasteiger partial charge in [-0.15, -0.1) is 0 Å². The normalized spacial score (nSPS) is 12.1. The highest BCUT2D eigenvalue weighted by molar-refractivity contribution is 5.80. The first-order chi connectivity index (χ1) is 7.78. The highest BCUT2D eigenvalue weighted by Gasteiger charge is 2.15. The van der Waals surface area contributed by atoms with Gasteiger partial charge in [-0.05, 0) is 57.9 Å². The molecule has 0 aliphatic heterocycles. The average molecular weight is 231 g/mol. The van der Waals surface area contributed by atoms with Crippen molar-refractivity contribution in [1.82, 2.24) is 9.55 Å². The van der Waals surface area contributed by atoms with Crippen LogP contribution in [0.15, 0.2) is 12.1 Å². The summed E-state index contributed by atoms with van der Waals surface area (Å²) >= 11 is 0. The summed E-state index contributed by atoms with van der Waals surface area (Å²) in [6.07, 6.45) is 0. The maximum atomic E-state index is 4.65. The van der Waals surface area contributed by atoms with E-state index in [4.69, 9.17) is 0 Å². The summed E-state index contributed by atoms with van der Waals surface area (Å²) < 4.78 is 2.12. The van der Waals surface area contributed by atoms with Crippen LogP contribution in [0.4, 0.5) is 5.95 Å². The molecule has 0 fully saturated rings. The minimum absolute atomic E-state index is 0.0270. The van der Waals surface area contributed by atoms with E-state index in [9.17, 15) is 0 Å². The molecule has 2 rings (SSSR count). The molecule has 1 aromatic heterocycles. The molecule has 0 aliphatic carbocycles. The van der Waals surface area contributed by atoms with Gasteiger partial charge in [0.15, 0.2) is 0 Å². The molecule has 1 aromatic carbocycles. The SMILES string of the molecule is Cc1cc2nc(NC(C)(C)C)n(C)c2cc1C. The lowest BCUT2D eigenvalue weighted by Gasteiger charge is -2.21. The average Bonchev–Trinajstić information content (AvgIpc) is 2.43. The van der Waals surface area contributed by atoms with Gasteiger partial charge in [0.2, 0.25) is 5.95 Å². The molecule has 3 nitrogen and oxygen atoms in total. The molecule has 0 radical (unpaired) electrons. The maximum absolute atomic E-state index is 4.65. The Morgan fingerprint density at radius 1 is 1.12 bits per heavy atom. The Labute approximate surface area is 103 Å². The Kier molecular flexibility index (Phi) is 2.64. The van der Waals surface area contributed by atoms with Gasteiger partial charge in [0.05, 0.1) is 11.0 Å². The summed E-state index contributed by atoms with van der Waals surface area (Å²) in [7, 11) is 2.05. The molecule has 0 atom stereocenters. The third-order valence-corrected chi connectivity index (χ3v) is 2.98. The highest BCUT2D eigenvalue weighted by atomic mass is 15.2. The lowest BCUT2D eigenvalue weighted by Crippen LogP contribution is -2.27. The fourth-order valence-electron chi connectivity index (χ4n) is 1.89. The Bertz CT molecular complexity index is 559. The van der Waals surface area contributed by atoms with E-state index in [0.29, 0.717) is 0 Å². The first-order valence-corrected chi connectivity index (χ1v) is 6.00. The third-order valence-electron chi connectivity index (χ3n) is 2.98. The van der Waals surface area contributed by atoms with Gasteiger partial charge in [-0.25, -0.2) is 4.98 Å². The number of rotatable bonds is 1. The zero-order valence-corrected chi connectivity index (χ0v) is 11.5. The van der Waals surface area contributed by atoms with Crippen molar-refractivity contribution in [3.8, 4) is 0 Å². The van der Waals surface area contributed by atoms with Crippen molar-refractivity contribution >= 4 is 17.0 Å². The number of hydrogen-bond donors (Lipinski definition) is 1. The smallest absolute Gasteiger partial charge is 0.204 e. The van der Waals surface area contributed by atoms with Crippen LogP contribution in [0.1, 0.15) is 31.9 Å². The van der Waals surface area contributed by atoms with Gasteiger partial charge in [-0.3, -0.25) is 0 Å². The minimum Gasteiger partial charge on any atom is -0.351 e. The second-order valence-electron chi connectivity index (χ2n) is 5.79. The van der Waals surface area contributed by atoms with Crippen molar-refractivity contribution in [1.29, 1.82) is 0 Å². The van der Waals surface area contributed by atoms with Crippen LogP contribution in [-0.2, 0) is 7.05 Å². The van der Waals surface area contributed by atoms with Crippen LogP contribution < -0.4 is 5.32 Å².